The topological polar surface area (TPSA) is 51.2 Å². The number of hydrogen-bond donors (Lipinski definition) is 0. The van der Waals surface area contributed by atoms with Crippen molar-refractivity contribution in [3.8, 4) is 17.2 Å². The van der Waals surface area contributed by atoms with Crippen LogP contribution in [0.5, 0.6) is 17.2 Å². The molecule has 2 aliphatic rings. The van der Waals surface area contributed by atoms with Crippen molar-refractivity contribution in [1.29, 1.82) is 0 Å². The van der Waals surface area contributed by atoms with Crippen molar-refractivity contribution >= 4 is 17.5 Å². The average Bonchev–Trinajstić information content (AvgIpc) is 3.31. The first-order valence-corrected chi connectivity index (χ1v) is 13.1. The highest BCUT2D eigenvalue weighted by Gasteiger charge is 2.32. The first kappa shape index (κ1) is 25.4. The van der Waals surface area contributed by atoms with E-state index in [1.54, 1.807) is 7.11 Å². The predicted molar refractivity (Wildman–Crippen MR) is 146 cm³/mol. The molecule has 2 heterocycles. The van der Waals surface area contributed by atoms with Gasteiger partial charge in [0.1, 0.15) is 23.9 Å². The third kappa shape index (κ3) is 5.41. The van der Waals surface area contributed by atoms with Gasteiger partial charge in [-0.1, -0.05) is 29.8 Å². The molecule has 1 atom stereocenters. The fourth-order valence-electron chi connectivity index (χ4n) is 5.16. The average molecular weight is 521 g/mol. The number of methoxy groups -OCH3 is 1. The summed E-state index contributed by atoms with van der Waals surface area (Å²) in [6.45, 7) is 3.25. The summed E-state index contributed by atoms with van der Waals surface area (Å²) >= 11 is 6.52. The van der Waals surface area contributed by atoms with E-state index in [4.69, 9.17) is 25.8 Å². The molecule has 2 aliphatic heterocycles. The van der Waals surface area contributed by atoms with Crippen molar-refractivity contribution in [2.24, 2.45) is 0 Å². The van der Waals surface area contributed by atoms with Crippen molar-refractivity contribution in [2.45, 2.75) is 18.8 Å². The molecule has 1 unspecified atom stereocenters. The molecular weight excluding hydrogens is 488 g/mol. The van der Waals surface area contributed by atoms with Crippen LogP contribution < -0.4 is 14.2 Å². The van der Waals surface area contributed by atoms with Crippen LogP contribution in [0.4, 0.5) is 0 Å². The predicted octanol–water partition coefficient (Wildman–Crippen LogP) is 5.05. The Kier molecular flexibility index (Phi) is 7.58. The van der Waals surface area contributed by atoms with Crippen LogP contribution in [0, 0.1) is 0 Å². The lowest BCUT2D eigenvalue weighted by atomic mass is 9.86. The van der Waals surface area contributed by atoms with Crippen LogP contribution in [-0.4, -0.2) is 69.8 Å². The van der Waals surface area contributed by atoms with Gasteiger partial charge in [0.25, 0.3) is 5.91 Å². The fourth-order valence-corrected chi connectivity index (χ4v) is 5.42. The maximum atomic E-state index is 13.7. The first-order chi connectivity index (χ1) is 17.9. The van der Waals surface area contributed by atoms with E-state index in [2.05, 4.69) is 23.1 Å². The van der Waals surface area contributed by atoms with Crippen molar-refractivity contribution in [1.82, 2.24) is 9.80 Å². The number of benzene rings is 3. The second-order valence-corrected chi connectivity index (χ2v) is 10.3. The Morgan fingerprint density at radius 2 is 1.89 bits per heavy atom. The van der Waals surface area contributed by atoms with Crippen LogP contribution in [-0.2, 0) is 12.8 Å². The number of hydrogen-bond acceptors (Lipinski definition) is 5. The summed E-state index contributed by atoms with van der Waals surface area (Å²) in [5.74, 6) is 2.29. The van der Waals surface area contributed by atoms with Gasteiger partial charge < -0.3 is 24.0 Å². The van der Waals surface area contributed by atoms with E-state index in [9.17, 15) is 4.79 Å². The Hall–Kier alpha value is -3.22. The lowest BCUT2D eigenvalue weighted by molar-refractivity contribution is 0.0756. The summed E-state index contributed by atoms with van der Waals surface area (Å²) in [4.78, 5) is 17.7. The molecular formula is C30H33ClN2O4. The molecule has 194 valence electrons. The van der Waals surface area contributed by atoms with Crippen molar-refractivity contribution in [3.05, 3.63) is 87.4 Å². The van der Waals surface area contributed by atoms with Gasteiger partial charge >= 0.3 is 0 Å². The monoisotopic (exact) mass is 520 g/mol. The largest absolute Gasteiger partial charge is 0.495 e. The van der Waals surface area contributed by atoms with Gasteiger partial charge in [-0.25, -0.2) is 0 Å². The van der Waals surface area contributed by atoms with Crippen LogP contribution in [0.3, 0.4) is 0 Å². The van der Waals surface area contributed by atoms with Crippen molar-refractivity contribution < 1.29 is 19.0 Å². The van der Waals surface area contributed by atoms with E-state index >= 15 is 0 Å². The van der Waals surface area contributed by atoms with E-state index in [0.29, 0.717) is 49.1 Å². The maximum Gasteiger partial charge on any atom is 0.253 e. The molecule has 37 heavy (non-hydrogen) atoms. The number of para-hydroxylation sites is 1. The molecule has 5 rings (SSSR count). The normalized spacial score (nSPS) is 16.6. The van der Waals surface area contributed by atoms with Gasteiger partial charge in [-0.05, 0) is 73.6 Å². The quantitative estimate of drug-likeness (QED) is 0.436. The summed E-state index contributed by atoms with van der Waals surface area (Å²) in [5.41, 5.74) is 5.23. The zero-order chi connectivity index (χ0) is 25.9. The van der Waals surface area contributed by atoms with E-state index in [1.165, 1.54) is 5.56 Å². The Balaban J connectivity index is 1.45. The van der Waals surface area contributed by atoms with Gasteiger partial charge in [-0.2, -0.15) is 0 Å². The lowest BCUT2D eigenvalue weighted by Crippen LogP contribution is -2.35. The minimum atomic E-state index is -0.0608. The Morgan fingerprint density at radius 3 is 2.65 bits per heavy atom. The van der Waals surface area contributed by atoms with Gasteiger partial charge in [0, 0.05) is 43.1 Å². The minimum Gasteiger partial charge on any atom is -0.495 e. The van der Waals surface area contributed by atoms with Crippen LogP contribution in [0.1, 0.15) is 38.5 Å². The lowest BCUT2D eigenvalue weighted by Gasteiger charge is -2.27. The second kappa shape index (κ2) is 11.0. The van der Waals surface area contributed by atoms with Crippen LogP contribution in [0.15, 0.2) is 54.6 Å². The van der Waals surface area contributed by atoms with Gasteiger partial charge in [-0.3, -0.25) is 4.79 Å². The number of fused-ring (bicyclic) bond motifs is 2. The first-order valence-electron chi connectivity index (χ1n) is 12.7. The minimum absolute atomic E-state index is 0.00389. The molecule has 0 saturated carbocycles. The van der Waals surface area contributed by atoms with Crippen LogP contribution in [0.2, 0.25) is 5.02 Å². The molecule has 0 aromatic heterocycles. The molecule has 7 heteroatoms. The SMILES string of the molecule is COc1cc2c(cc1Cl)CCN(C(=O)c1ccc(OCCN(C)C)cc1)CC2c1cccc2c1OCC2. The van der Waals surface area contributed by atoms with Gasteiger partial charge in [0.2, 0.25) is 0 Å². The molecule has 0 radical (unpaired) electrons. The van der Waals surface area contributed by atoms with E-state index < -0.39 is 0 Å². The number of ether oxygens (including phenoxy) is 3. The fraction of sp³-hybridized carbons (Fsp3) is 0.367. The zero-order valence-electron chi connectivity index (χ0n) is 21.6. The third-order valence-electron chi connectivity index (χ3n) is 7.16. The summed E-state index contributed by atoms with van der Waals surface area (Å²) in [5, 5.41) is 0.583. The van der Waals surface area contributed by atoms with Crippen molar-refractivity contribution in [2.75, 3.05) is 54.1 Å². The zero-order valence-corrected chi connectivity index (χ0v) is 22.4. The molecule has 0 spiro atoms. The summed E-state index contributed by atoms with van der Waals surface area (Å²) in [6.07, 6.45) is 1.61. The van der Waals surface area contributed by atoms with Crippen LogP contribution >= 0.6 is 11.6 Å². The highest BCUT2D eigenvalue weighted by Crippen LogP contribution is 2.42. The molecule has 0 N–H and O–H groups in total. The number of likely N-dealkylation sites (N-methyl/N-ethyl adjacent to an activating group) is 1. The number of carbonyl (C=O) groups is 1. The summed E-state index contributed by atoms with van der Waals surface area (Å²) in [6, 6.07) is 17.8. The third-order valence-corrected chi connectivity index (χ3v) is 7.45. The number of amides is 1. The number of carbonyl (C=O) groups excluding carboxylic acids is 1. The van der Waals surface area contributed by atoms with Gasteiger partial charge in [-0.15, -0.1) is 0 Å². The van der Waals surface area contributed by atoms with E-state index in [1.807, 2.05) is 55.4 Å². The molecule has 1 amide bonds. The molecule has 6 nitrogen and oxygen atoms in total. The van der Waals surface area contributed by atoms with Gasteiger partial charge in [0.15, 0.2) is 0 Å². The van der Waals surface area contributed by atoms with E-state index in [-0.39, 0.29) is 11.8 Å². The number of halogens is 1. The standard InChI is InChI=1S/C30H33ClN2O4/c1-32(2)14-16-36-23-9-7-21(8-10-23)30(34)33-13-11-22-17-27(31)28(35-3)18-25(22)26(19-33)24-6-4-5-20-12-15-37-29(20)24/h4-10,17-18,26H,11-16,19H2,1-3H3. The molecule has 0 saturated heterocycles. The smallest absolute Gasteiger partial charge is 0.253 e. The summed E-state index contributed by atoms with van der Waals surface area (Å²) < 4.78 is 17.5. The summed E-state index contributed by atoms with van der Waals surface area (Å²) in [7, 11) is 5.65. The Bertz CT molecular complexity index is 1280. The molecule has 0 bridgehead atoms. The molecule has 0 aliphatic carbocycles. The highest BCUT2D eigenvalue weighted by molar-refractivity contribution is 6.32. The van der Waals surface area contributed by atoms with E-state index in [0.717, 1.165) is 41.2 Å². The van der Waals surface area contributed by atoms with Crippen LogP contribution in [0.25, 0.3) is 0 Å². The Morgan fingerprint density at radius 1 is 1.08 bits per heavy atom. The molecule has 0 fully saturated rings. The maximum absolute atomic E-state index is 13.7. The number of nitrogens with zero attached hydrogens (tertiary/aromatic N) is 2. The highest BCUT2D eigenvalue weighted by atomic mass is 35.5. The molecule has 3 aromatic rings. The number of rotatable bonds is 7. The van der Waals surface area contributed by atoms with Gasteiger partial charge in [0.05, 0.1) is 18.7 Å². The Labute approximate surface area is 223 Å². The molecule has 3 aromatic carbocycles. The van der Waals surface area contributed by atoms with Crippen molar-refractivity contribution in [3.63, 3.8) is 0 Å². The second-order valence-electron chi connectivity index (χ2n) is 9.85.